The van der Waals surface area contributed by atoms with Crippen molar-refractivity contribution in [3.8, 4) is 0 Å². The first-order valence-corrected chi connectivity index (χ1v) is 21.2. The minimum atomic E-state index is 0.0739. The van der Waals surface area contributed by atoms with Crippen molar-refractivity contribution < 1.29 is 0 Å². The standard InChI is InChI=1S/C42H87N3/c1-5-7-9-11-13-15-17-19-21-23-24-26-28-30-32-34-36-38-41(43)42(45-40(3)4)44-39-37-35-33-31-29-27-25-22-20-18-16-14-12-10-8-6-2/h40-41H,5-39,43H2,1-4H3,(H,44,45). The van der Waals surface area contributed by atoms with Crippen molar-refractivity contribution in [3.05, 3.63) is 0 Å². The van der Waals surface area contributed by atoms with Crippen molar-refractivity contribution in [2.45, 2.75) is 258 Å². The van der Waals surface area contributed by atoms with E-state index in [-0.39, 0.29) is 6.04 Å². The molecule has 3 nitrogen and oxygen atoms in total. The van der Waals surface area contributed by atoms with Gasteiger partial charge in [0.2, 0.25) is 0 Å². The van der Waals surface area contributed by atoms with Crippen LogP contribution in [0.3, 0.4) is 0 Å². The van der Waals surface area contributed by atoms with E-state index < -0.39 is 0 Å². The molecule has 0 aliphatic carbocycles. The second-order valence-electron chi connectivity index (χ2n) is 14.9. The SMILES string of the molecule is CCCCCCCCCCCCCCCCCCCC(N)C(=NCCCCCCCCCCCCCCCCCC)NC(C)C. The molecule has 45 heavy (non-hydrogen) atoms. The zero-order valence-electron chi connectivity index (χ0n) is 31.9. The summed E-state index contributed by atoms with van der Waals surface area (Å²) in [6.07, 6.45) is 47.7. The third kappa shape index (κ3) is 36.1. The van der Waals surface area contributed by atoms with E-state index in [1.165, 1.54) is 212 Å². The van der Waals surface area contributed by atoms with Gasteiger partial charge in [0.05, 0.1) is 6.04 Å². The Bertz CT molecular complexity index is 572. The molecule has 0 aromatic heterocycles. The zero-order chi connectivity index (χ0) is 32.9. The predicted octanol–water partition coefficient (Wildman–Crippen LogP) is 14.0. The average Bonchev–Trinajstić information content (AvgIpc) is 3.03. The second kappa shape index (κ2) is 37.9. The lowest BCUT2D eigenvalue weighted by Gasteiger charge is -2.19. The van der Waals surface area contributed by atoms with Crippen molar-refractivity contribution in [2.24, 2.45) is 10.7 Å². The molecule has 1 atom stereocenters. The van der Waals surface area contributed by atoms with Crippen molar-refractivity contribution in [3.63, 3.8) is 0 Å². The maximum absolute atomic E-state index is 6.61. The Morgan fingerprint density at radius 2 is 0.689 bits per heavy atom. The number of nitrogens with two attached hydrogens (primary N) is 1. The third-order valence-electron chi connectivity index (χ3n) is 9.70. The summed E-state index contributed by atoms with van der Waals surface area (Å²) in [4.78, 5) is 4.94. The smallest absolute Gasteiger partial charge is 0.113 e. The van der Waals surface area contributed by atoms with Crippen LogP contribution in [0.2, 0.25) is 0 Å². The lowest BCUT2D eigenvalue weighted by atomic mass is 10.0. The molecule has 0 aromatic rings. The summed E-state index contributed by atoms with van der Waals surface area (Å²) in [6.45, 7) is 9.94. The molecule has 0 aliphatic rings. The number of hydrogen-bond donors (Lipinski definition) is 2. The maximum Gasteiger partial charge on any atom is 0.113 e. The van der Waals surface area contributed by atoms with Crippen LogP contribution in [0.1, 0.15) is 246 Å². The van der Waals surface area contributed by atoms with Gasteiger partial charge < -0.3 is 11.1 Å². The maximum atomic E-state index is 6.61. The van der Waals surface area contributed by atoms with E-state index in [1.807, 2.05) is 0 Å². The molecule has 0 bridgehead atoms. The van der Waals surface area contributed by atoms with Gasteiger partial charge in [0.1, 0.15) is 5.84 Å². The van der Waals surface area contributed by atoms with Gasteiger partial charge in [-0.3, -0.25) is 4.99 Å². The first-order chi connectivity index (χ1) is 22.1. The Morgan fingerprint density at radius 3 is 0.978 bits per heavy atom. The molecule has 0 rings (SSSR count). The molecule has 0 aromatic carbocycles. The molecule has 0 radical (unpaired) electrons. The number of nitrogens with zero attached hydrogens (tertiary/aromatic N) is 1. The van der Waals surface area contributed by atoms with Gasteiger partial charge in [-0.25, -0.2) is 0 Å². The van der Waals surface area contributed by atoms with Gasteiger partial charge >= 0.3 is 0 Å². The Kier molecular flexibility index (Phi) is 37.4. The Morgan fingerprint density at radius 1 is 0.422 bits per heavy atom. The van der Waals surface area contributed by atoms with E-state index in [0.717, 1.165) is 18.8 Å². The summed E-state index contributed by atoms with van der Waals surface area (Å²) in [5.41, 5.74) is 6.61. The highest BCUT2D eigenvalue weighted by Gasteiger charge is 2.12. The number of aliphatic imine (C=N–C) groups is 1. The fourth-order valence-electron chi connectivity index (χ4n) is 6.65. The van der Waals surface area contributed by atoms with E-state index >= 15 is 0 Å². The van der Waals surface area contributed by atoms with Gasteiger partial charge in [0, 0.05) is 12.6 Å². The fraction of sp³-hybridized carbons (Fsp3) is 0.976. The van der Waals surface area contributed by atoms with E-state index in [1.54, 1.807) is 0 Å². The summed E-state index contributed by atoms with van der Waals surface area (Å²) in [5.74, 6) is 1.06. The molecule has 3 heteroatoms. The minimum absolute atomic E-state index is 0.0739. The van der Waals surface area contributed by atoms with Crippen LogP contribution in [-0.2, 0) is 0 Å². The van der Waals surface area contributed by atoms with Gasteiger partial charge in [0.25, 0.3) is 0 Å². The summed E-state index contributed by atoms with van der Waals surface area (Å²) >= 11 is 0. The lowest BCUT2D eigenvalue weighted by Crippen LogP contribution is -2.43. The van der Waals surface area contributed by atoms with E-state index in [9.17, 15) is 0 Å². The van der Waals surface area contributed by atoms with Gasteiger partial charge in [-0.1, -0.05) is 219 Å². The van der Waals surface area contributed by atoms with Crippen LogP contribution in [0.4, 0.5) is 0 Å². The van der Waals surface area contributed by atoms with Crippen LogP contribution in [-0.4, -0.2) is 24.5 Å². The fourth-order valence-corrected chi connectivity index (χ4v) is 6.65. The monoisotopic (exact) mass is 634 g/mol. The Labute approximate surface area is 285 Å². The number of nitrogens with one attached hydrogen (secondary N) is 1. The van der Waals surface area contributed by atoms with Gasteiger partial charge in [-0.15, -0.1) is 0 Å². The molecule has 1 unspecified atom stereocenters. The average molecular weight is 634 g/mol. The first kappa shape index (κ1) is 44.4. The number of rotatable bonds is 37. The van der Waals surface area contributed by atoms with E-state index in [2.05, 4.69) is 33.0 Å². The van der Waals surface area contributed by atoms with Crippen molar-refractivity contribution in [1.29, 1.82) is 0 Å². The number of amidine groups is 1. The van der Waals surface area contributed by atoms with Crippen molar-refractivity contribution in [2.75, 3.05) is 6.54 Å². The van der Waals surface area contributed by atoms with Crippen molar-refractivity contribution in [1.82, 2.24) is 5.32 Å². The van der Waals surface area contributed by atoms with Crippen LogP contribution in [0, 0.1) is 0 Å². The van der Waals surface area contributed by atoms with Crippen molar-refractivity contribution >= 4 is 5.84 Å². The van der Waals surface area contributed by atoms with Crippen LogP contribution in [0.5, 0.6) is 0 Å². The number of unbranched alkanes of at least 4 members (excludes halogenated alkanes) is 31. The molecule has 0 saturated carbocycles. The quantitative estimate of drug-likeness (QED) is 0.0406. The van der Waals surface area contributed by atoms with Gasteiger partial charge in [-0.05, 0) is 26.7 Å². The summed E-state index contributed by atoms with van der Waals surface area (Å²) < 4.78 is 0. The Hall–Kier alpha value is -0.570. The normalized spacial score (nSPS) is 12.8. The molecule has 0 spiro atoms. The molecular weight excluding hydrogens is 546 g/mol. The van der Waals surface area contributed by atoms with Crippen LogP contribution in [0.15, 0.2) is 4.99 Å². The summed E-state index contributed by atoms with van der Waals surface area (Å²) in [7, 11) is 0. The molecule has 0 aliphatic heterocycles. The highest BCUT2D eigenvalue weighted by atomic mass is 15.0. The van der Waals surface area contributed by atoms with Gasteiger partial charge in [-0.2, -0.15) is 0 Å². The summed E-state index contributed by atoms with van der Waals surface area (Å²) in [6, 6.07) is 0.473. The molecular formula is C42H87N3. The van der Waals surface area contributed by atoms with Gasteiger partial charge in [0.15, 0.2) is 0 Å². The van der Waals surface area contributed by atoms with E-state index in [4.69, 9.17) is 10.7 Å². The largest absolute Gasteiger partial charge is 0.370 e. The molecule has 3 N–H and O–H groups in total. The lowest BCUT2D eigenvalue weighted by molar-refractivity contribution is 0.522. The van der Waals surface area contributed by atoms with Crippen LogP contribution in [0.25, 0.3) is 0 Å². The predicted molar refractivity (Wildman–Crippen MR) is 207 cm³/mol. The third-order valence-corrected chi connectivity index (χ3v) is 9.70. The Balaban J connectivity index is 3.64. The van der Waals surface area contributed by atoms with Crippen LogP contribution >= 0.6 is 0 Å². The summed E-state index contributed by atoms with van der Waals surface area (Å²) in [5, 5.41) is 3.57. The highest BCUT2D eigenvalue weighted by Crippen LogP contribution is 2.16. The molecule has 0 saturated heterocycles. The van der Waals surface area contributed by atoms with E-state index in [0.29, 0.717) is 6.04 Å². The number of hydrogen-bond acceptors (Lipinski definition) is 2. The molecule has 270 valence electrons. The molecule has 0 amide bonds. The zero-order valence-corrected chi connectivity index (χ0v) is 31.9. The topological polar surface area (TPSA) is 50.4 Å². The minimum Gasteiger partial charge on any atom is -0.370 e. The molecule has 0 fully saturated rings. The highest BCUT2D eigenvalue weighted by molar-refractivity contribution is 5.87. The first-order valence-electron chi connectivity index (χ1n) is 21.2. The second-order valence-corrected chi connectivity index (χ2v) is 14.9. The van der Waals surface area contributed by atoms with Crippen LogP contribution < -0.4 is 11.1 Å². The molecule has 0 heterocycles.